The maximum atomic E-state index is 13.8. The second kappa shape index (κ2) is 14.1. The molecule has 244 valence electrons. The zero-order valence-corrected chi connectivity index (χ0v) is 26.6. The largest absolute Gasteiger partial charge is 0.497 e. The minimum atomic E-state index is -0.808. The number of esters is 1. The number of hydrogen-bond donors (Lipinski definition) is 0. The topological polar surface area (TPSA) is 124 Å². The Morgan fingerprint density at radius 3 is 2.28 bits per heavy atom. The molecule has 2 heterocycles. The zero-order valence-electron chi connectivity index (χ0n) is 26.6. The fourth-order valence-corrected chi connectivity index (χ4v) is 6.72. The molecule has 2 fully saturated rings. The molecule has 1 saturated carbocycles. The number of nitrogens with zero attached hydrogens (tertiary/aromatic N) is 4. The maximum absolute atomic E-state index is 13.8. The molecule has 11 heteroatoms. The van der Waals surface area contributed by atoms with Crippen LogP contribution in [-0.2, 0) is 9.53 Å². The van der Waals surface area contributed by atoms with Gasteiger partial charge in [0.05, 0.1) is 36.5 Å². The number of anilines is 1. The number of rotatable bonds is 9. The first-order valence-electron chi connectivity index (χ1n) is 16.0. The van der Waals surface area contributed by atoms with Gasteiger partial charge in [0, 0.05) is 25.1 Å². The highest BCUT2D eigenvalue weighted by Gasteiger charge is 2.44. The van der Waals surface area contributed by atoms with E-state index >= 15 is 0 Å². The van der Waals surface area contributed by atoms with Crippen molar-refractivity contribution >= 4 is 35.0 Å². The second-order valence-electron chi connectivity index (χ2n) is 12.0. The first-order valence-corrected chi connectivity index (χ1v) is 16.0. The van der Waals surface area contributed by atoms with E-state index in [4.69, 9.17) is 19.3 Å². The number of nitro groups is 1. The lowest BCUT2D eigenvalue weighted by Crippen LogP contribution is -2.34. The van der Waals surface area contributed by atoms with E-state index < -0.39 is 29.4 Å². The van der Waals surface area contributed by atoms with Crippen LogP contribution >= 0.6 is 0 Å². The minimum absolute atomic E-state index is 0.0167. The lowest BCUT2D eigenvalue weighted by atomic mass is 9.77. The van der Waals surface area contributed by atoms with Crippen LogP contribution in [0.3, 0.4) is 0 Å². The molecule has 0 aromatic heterocycles. The maximum Gasteiger partial charge on any atom is 0.338 e. The van der Waals surface area contributed by atoms with Crippen molar-refractivity contribution in [3.05, 3.63) is 99.1 Å². The van der Waals surface area contributed by atoms with Gasteiger partial charge in [-0.15, -0.1) is 0 Å². The van der Waals surface area contributed by atoms with Crippen LogP contribution in [0.1, 0.15) is 66.1 Å². The molecule has 0 bridgehead atoms. The molecule has 1 saturated heterocycles. The van der Waals surface area contributed by atoms with Gasteiger partial charge in [0.25, 0.3) is 11.6 Å². The third kappa shape index (κ3) is 6.84. The molecule has 3 aromatic rings. The lowest BCUT2D eigenvalue weighted by molar-refractivity contribution is -0.384. The summed E-state index contributed by atoms with van der Waals surface area (Å²) in [6.45, 7) is 0.893. The van der Waals surface area contributed by atoms with Gasteiger partial charge in [-0.2, -0.15) is 5.10 Å². The number of ether oxygens (including phenoxy) is 3. The van der Waals surface area contributed by atoms with Crippen molar-refractivity contribution in [2.24, 2.45) is 11.0 Å². The van der Waals surface area contributed by atoms with Gasteiger partial charge < -0.3 is 19.1 Å². The lowest BCUT2D eigenvalue weighted by Gasteiger charge is -2.29. The van der Waals surface area contributed by atoms with Crippen molar-refractivity contribution in [1.82, 2.24) is 5.01 Å². The van der Waals surface area contributed by atoms with Crippen LogP contribution in [0.5, 0.6) is 11.5 Å². The van der Waals surface area contributed by atoms with E-state index in [1.807, 2.05) is 53.4 Å². The normalized spacial score (nSPS) is 20.0. The number of piperidine rings is 1. The number of allylic oxidation sites excluding steroid dienone is 1. The molecule has 2 unspecified atom stereocenters. The molecule has 1 aliphatic carbocycles. The number of methoxy groups -OCH3 is 2. The Bertz CT molecular complexity index is 1700. The van der Waals surface area contributed by atoms with E-state index in [-0.39, 0.29) is 17.2 Å². The Hall–Kier alpha value is -5.19. The van der Waals surface area contributed by atoms with Crippen LogP contribution in [0.25, 0.3) is 6.08 Å². The smallest absolute Gasteiger partial charge is 0.338 e. The highest BCUT2D eigenvalue weighted by atomic mass is 16.6. The van der Waals surface area contributed by atoms with Gasteiger partial charge >= 0.3 is 5.97 Å². The van der Waals surface area contributed by atoms with Crippen molar-refractivity contribution in [3.8, 4) is 11.5 Å². The molecule has 11 nitrogen and oxygen atoms in total. The summed E-state index contributed by atoms with van der Waals surface area (Å²) in [6, 6.07) is 19.3. The number of carbonyl (C=O) groups is 2. The van der Waals surface area contributed by atoms with Crippen LogP contribution in [0, 0.1) is 16.0 Å². The Morgan fingerprint density at radius 1 is 0.936 bits per heavy atom. The van der Waals surface area contributed by atoms with Crippen LogP contribution in [-0.4, -0.2) is 61.4 Å². The number of nitro benzene ring substituents is 1. The number of hydrogen-bond acceptors (Lipinski definition) is 9. The van der Waals surface area contributed by atoms with Crippen LogP contribution in [0.4, 0.5) is 11.4 Å². The average Bonchev–Trinajstić information content (AvgIpc) is 3.51. The molecular formula is C36H38N4O7. The van der Waals surface area contributed by atoms with Gasteiger partial charge in [0.2, 0.25) is 0 Å². The summed E-state index contributed by atoms with van der Waals surface area (Å²) in [4.78, 5) is 40.3. The average molecular weight is 639 g/mol. The minimum Gasteiger partial charge on any atom is -0.497 e. The summed E-state index contributed by atoms with van der Waals surface area (Å²) >= 11 is 0. The Balaban J connectivity index is 1.24. The number of hydrazone groups is 1. The van der Waals surface area contributed by atoms with E-state index in [1.165, 1.54) is 17.1 Å². The first kappa shape index (κ1) is 31.8. The SMILES string of the molecule is COc1ccc(C=C2CCCC3C2=NN(C(=O)COC(=O)c2ccc(N4CCCCC4)c([N+](=O)[O-])c2)C3c2ccc(OC)cc2)cc1. The molecule has 0 spiro atoms. The van der Waals surface area contributed by atoms with Crippen molar-refractivity contribution in [1.29, 1.82) is 0 Å². The fourth-order valence-electron chi connectivity index (χ4n) is 6.72. The Labute approximate surface area is 273 Å². The third-order valence-corrected chi connectivity index (χ3v) is 9.10. The molecule has 47 heavy (non-hydrogen) atoms. The molecule has 2 atom stereocenters. The Kier molecular flexibility index (Phi) is 9.51. The predicted octanol–water partition coefficient (Wildman–Crippen LogP) is 6.58. The van der Waals surface area contributed by atoms with Gasteiger partial charge in [0.15, 0.2) is 6.61 Å². The van der Waals surface area contributed by atoms with Crippen molar-refractivity contribution in [2.45, 2.75) is 44.6 Å². The number of fused-ring (bicyclic) bond motifs is 1. The predicted molar refractivity (Wildman–Crippen MR) is 178 cm³/mol. The highest BCUT2D eigenvalue weighted by molar-refractivity contribution is 6.08. The summed E-state index contributed by atoms with van der Waals surface area (Å²) in [6.07, 6.45) is 7.70. The molecule has 0 radical (unpaired) electrons. The number of amides is 1. The van der Waals surface area contributed by atoms with Gasteiger partial charge in [-0.25, -0.2) is 9.80 Å². The monoisotopic (exact) mass is 638 g/mol. The summed E-state index contributed by atoms with van der Waals surface area (Å²) < 4.78 is 16.1. The van der Waals surface area contributed by atoms with Crippen molar-refractivity contribution in [2.75, 3.05) is 38.8 Å². The summed E-state index contributed by atoms with van der Waals surface area (Å²) in [5.74, 6) is 0.127. The summed E-state index contributed by atoms with van der Waals surface area (Å²) in [5.41, 5.74) is 4.14. The van der Waals surface area contributed by atoms with Gasteiger partial charge in [-0.3, -0.25) is 14.9 Å². The van der Waals surface area contributed by atoms with E-state index in [1.54, 1.807) is 20.3 Å². The van der Waals surface area contributed by atoms with Crippen LogP contribution in [0.2, 0.25) is 0 Å². The molecule has 6 rings (SSSR count). The second-order valence-corrected chi connectivity index (χ2v) is 12.0. The standard InChI is InChI=1S/C36H38N4O7/c1-45-28-14-9-24(10-15-28)21-26-7-6-8-30-34(26)37-39(35(30)25-11-16-29(46-2)17-12-25)33(41)23-47-36(42)27-13-18-31(32(22-27)40(43)44)38-19-4-3-5-20-38/h9-18,21-22,30,35H,3-8,19-20,23H2,1-2H3. The fraction of sp³-hybridized carbons (Fsp3) is 0.361. The number of benzene rings is 3. The summed E-state index contributed by atoms with van der Waals surface area (Å²) in [7, 11) is 3.23. The Morgan fingerprint density at radius 2 is 1.62 bits per heavy atom. The van der Waals surface area contributed by atoms with Crippen LogP contribution in [0.15, 0.2) is 77.4 Å². The van der Waals surface area contributed by atoms with E-state index in [0.717, 1.165) is 79.8 Å². The zero-order chi connectivity index (χ0) is 32.9. The molecule has 0 N–H and O–H groups in total. The van der Waals surface area contributed by atoms with Gasteiger partial charge in [0.1, 0.15) is 17.2 Å². The third-order valence-electron chi connectivity index (χ3n) is 9.10. The van der Waals surface area contributed by atoms with Crippen molar-refractivity contribution in [3.63, 3.8) is 0 Å². The van der Waals surface area contributed by atoms with E-state index in [2.05, 4.69) is 6.08 Å². The summed E-state index contributed by atoms with van der Waals surface area (Å²) in [5, 5.41) is 18.2. The molecular weight excluding hydrogens is 600 g/mol. The molecule has 2 aliphatic heterocycles. The number of carbonyl (C=O) groups excluding carboxylic acids is 2. The molecule has 3 aromatic carbocycles. The quantitative estimate of drug-likeness (QED) is 0.146. The van der Waals surface area contributed by atoms with Crippen molar-refractivity contribution < 1.29 is 28.7 Å². The van der Waals surface area contributed by atoms with E-state index in [9.17, 15) is 19.7 Å². The van der Waals surface area contributed by atoms with Gasteiger partial charge in [-0.05, 0) is 97.7 Å². The van der Waals surface area contributed by atoms with Crippen LogP contribution < -0.4 is 14.4 Å². The van der Waals surface area contributed by atoms with Gasteiger partial charge in [-0.1, -0.05) is 24.3 Å². The van der Waals surface area contributed by atoms with E-state index in [0.29, 0.717) is 11.4 Å². The molecule has 3 aliphatic rings. The molecule has 1 amide bonds. The highest BCUT2D eigenvalue weighted by Crippen LogP contribution is 2.45. The first-order chi connectivity index (χ1) is 22.9.